The van der Waals surface area contributed by atoms with Gasteiger partial charge < -0.3 is 14.4 Å². The van der Waals surface area contributed by atoms with Gasteiger partial charge in [-0.1, -0.05) is 42.5 Å². The normalized spacial score (nSPS) is 21.5. The number of benzene rings is 2. The van der Waals surface area contributed by atoms with E-state index in [1.54, 1.807) is 4.90 Å². The van der Waals surface area contributed by atoms with E-state index in [-0.39, 0.29) is 17.7 Å². The molecule has 0 N–H and O–H groups in total. The number of allylic oxidation sites excluding steroid dienone is 1. The molecule has 0 bridgehead atoms. The Balaban J connectivity index is 1.24. The summed E-state index contributed by atoms with van der Waals surface area (Å²) >= 11 is 0. The number of fused-ring (bicyclic) bond motifs is 1. The summed E-state index contributed by atoms with van der Waals surface area (Å²) in [5, 5.41) is 0. The first kappa shape index (κ1) is 22.8. The summed E-state index contributed by atoms with van der Waals surface area (Å²) in [5.41, 5.74) is 4.86. The molecule has 2 heterocycles. The topological polar surface area (TPSA) is 59.1 Å². The monoisotopic (exact) mass is 460 g/mol. The van der Waals surface area contributed by atoms with Gasteiger partial charge in [-0.15, -0.1) is 0 Å². The first-order chi connectivity index (χ1) is 16.6. The van der Waals surface area contributed by atoms with Gasteiger partial charge in [-0.2, -0.15) is 0 Å². The van der Waals surface area contributed by atoms with Crippen LogP contribution in [-0.2, 0) is 29.2 Å². The molecule has 0 spiro atoms. The second kappa shape index (κ2) is 10.1. The summed E-state index contributed by atoms with van der Waals surface area (Å²) in [6.45, 7) is 9.34. The average molecular weight is 461 g/mol. The molecule has 1 aliphatic carbocycles. The lowest BCUT2D eigenvalue weighted by Crippen LogP contribution is -2.40. The second-order valence-corrected chi connectivity index (χ2v) is 9.51. The smallest absolute Gasteiger partial charge is 0.255 e. The van der Waals surface area contributed by atoms with Crippen LogP contribution in [0, 0.1) is 0 Å². The minimum Gasteiger partial charge on any atom is -0.489 e. The van der Waals surface area contributed by atoms with E-state index in [4.69, 9.17) is 9.47 Å². The van der Waals surface area contributed by atoms with Gasteiger partial charge in [-0.05, 0) is 42.5 Å². The highest BCUT2D eigenvalue weighted by molar-refractivity contribution is 6.02. The van der Waals surface area contributed by atoms with Crippen LogP contribution in [-0.4, -0.2) is 53.8 Å². The molecular formula is C28H32N2O4. The summed E-state index contributed by atoms with van der Waals surface area (Å²) in [5.74, 6) is 0.748. The Kier molecular flexibility index (Phi) is 6.79. The van der Waals surface area contributed by atoms with Crippen molar-refractivity contribution in [1.29, 1.82) is 0 Å². The molecule has 5 rings (SSSR count). The molecule has 1 saturated heterocycles. The van der Waals surface area contributed by atoms with Crippen molar-refractivity contribution in [1.82, 2.24) is 9.80 Å². The Labute approximate surface area is 201 Å². The number of rotatable bonds is 6. The number of Topliss-reactive ketones (excluding diaryl/α,β-unsaturated/α-hetero) is 1. The van der Waals surface area contributed by atoms with Crippen LogP contribution in [0.15, 0.2) is 54.6 Å². The lowest BCUT2D eigenvalue weighted by molar-refractivity contribution is -0.122. The van der Waals surface area contributed by atoms with E-state index in [1.165, 1.54) is 5.56 Å². The van der Waals surface area contributed by atoms with E-state index in [2.05, 4.69) is 35.7 Å². The van der Waals surface area contributed by atoms with Crippen molar-refractivity contribution in [2.45, 2.75) is 51.4 Å². The maximum atomic E-state index is 13.1. The van der Waals surface area contributed by atoms with Gasteiger partial charge in [0.05, 0.1) is 25.8 Å². The van der Waals surface area contributed by atoms with Gasteiger partial charge in [0.15, 0.2) is 5.78 Å². The molecule has 178 valence electrons. The zero-order valence-electron chi connectivity index (χ0n) is 19.6. The first-order valence-corrected chi connectivity index (χ1v) is 12.2. The highest BCUT2D eigenvalue weighted by Gasteiger charge is 2.38. The number of carbonyl (C=O) groups is 2. The van der Waals surface area contributed by atoms with Gasteiger partial charge in [-0.25, -0.2) is 0 Å². The second-order valence-electron chi connectivity index (χ2n) is 9.51. The van der Waals surface area contributed by atoms with E-state index in [0.717, 1.165) is 68.1 Å². The summed E-state index contributed by atoms with van der Waals surface area (Å²) < 4.78 is 11.6. The maximum Gasteiger partial charge on any atom is 0.255 e. The molecule has 2 fully saturated rings. The predicted molar refractivity (Wildman–Crippen MR) is 130 cm³/mol. The van der Waals surface area contributed by atoms with Crippen LogP contribution in [0.1, 0.15) is 52.7 Å². The van der Waals surface area contributed by atoms with E-state index < -0.39 is 0 Å². The Morgan fingerprint density at radius 2 is 1.79 bits per heavy atom. The first-order valence-electron chi connectivity index (χ1n) is 12.2. The summed E-state index contributed by atoms with van der Waals surface area (Å²) in [4.78, 5) is 30.0. The van der Waals surface area contributed by atoms with Crippen molar-refractivity contribution in [3.8, 4) is 5.75 Å². The third-order valence-electron chi connectivity index (χ3n) is 7.06. The zero-order chi connectivity index (χ0) is 23.5. The molecule has 3 aliphatic rings. The minimum absolute atomic E-state index is 0.0706. The number of ether oxygens (including phenoxy) is 2. The fourth-order valence-corrected chi connectivity index (χ4v) is 5.12. The highest BCUT2D eigenvalue weighted by Crippen LogP contribution is 2.35. The van der Waals surface area contributed by atoms with Crippen molar-refractivity contribution in [2.24, 2.45) is 0 Å². The molecule has 1 saturated carbocycles. The van der Waals surface area contributed by atoms with Crippen molar-refractivity contribution in [3.05, 3.63) is 76.9 Å². The van der Waals surface area contributed by atoms with Gasteiger partial charge in [0, 0.05) is 37.2 Å². The van der Waals surface area contributed by atoms with E-state index in [0.29, 0.717) is 31.6 Å². The summed E-state index contributed by atoms with van der Waals surface area (Å²) in [6.07, 6.45) is 2.82. The third kappa shape index (κ3) is 4.93. The van der Waals surface area contributed by atoms with Crippen LogP contribution in [0.3, 0.4) is 0 Å². The Hall–Kier alpha value is -2.96. The molecule has 0 unspecified atom stereocenters. The van der Waals surface area contributed by atoms with Gasteiger partial charge in [0.1, 0.15) is 12.4 Å². The molecule has 0 aromatic heterocycles. The molecule has 2 aromatic rings. The minimum atomic E-state index is -0.369. The molecular weight excluding hydrogens is 428 g/mol. The average Bonchev–Trinajstić information content (AvgIpc) is 3.08. The Morgan fingerprint density at radius 3 is 2.59 bits per heavy atom. The van der Waals surface area contributed by atoms with E-state index >= 15 is 0 Å². The van der Waals surface area contributed by atoms with Crippen LogP contribution in [0.4, 0.5) is 0 Å². The SMILES string of the molecule is C=C1CCC[C@H](N2Cc3c(OCc4ccc(CN5CCOCC5)cc4)cccc3C2=O)C(=O)C1. The molecule has 6 heteroatoms. The standard InChI is InChI=1S/C28H32N2O4/c1-20-4-2-6-25(26(31)16-20)30-18-24-23(28(30)32)5-3-7-27(24)34-19-22-10-8-21(9-11-22)17-29-12-14-33-15-13-29/h3,5,7-11,25H,1-2,4,6,12-19H2/t25-/m0/s1. The number of amides is 1. The van der Waals surface area contributed by atoms with Gasteiger partial charge >= 0.3 is 0 Å². The quantitative estimate of drug-likeness (QED) is 0.479. The number of morpholine rings is 1. The van der Waals surface area contributed by atoms with Gasteiger partial charge in [-0.3, -0.25) is 14.5 Å². The zero-order valence-corrected chi connectivity index (χ0v) is 19.6. The van der Waals surface area contributed by atoms with Gasteiger partial charge in [0.25, 0.3) is 5.91 Å². The van der Waals surface area contributed by atoms with Crippen molar-refractivity contribution < 1.29 is 19.1 Å². The van der Waals surface area contributed by atoms with Crippen molar-refractivity contribution in [3.63, 3.8) is 0 Å². The number of hydrogen-bond acceptors (Lipinski definition) is 5. The largest absolute Gasteiger partial charge is 0.489 e. The number of carbonyl (C=O) groups excluding carboxylic acids is 2. The molecule has 6 nitrogen and oxygen atoms in total. The molecule has 1 atom stereocenters. The van der Waals surface area contributed by atoms with Crippen LogP contribution >= 0.6 is 0 Å². The van der Waals surface area contributed by atoms with E-state index in [9.17, 15) is 9.59 Å². The predicted octanol–water partition coefficient (Wildman–Crippen LogP) is 4.12. The van der Waals surface area contributed by atoms with Crippen LogP contribution < -0.4 is 4.74 Å². The number of ketones is 1. The van der Waals surface area contributed by atoms with E-state index in [1.807, 2.05) is 18.2 Å². The maximum absolute atomic E-state index is 13.1. The van der Waals surface area contributed by atoms with Crippen LogP contribution in [0.5, 0.6) is 5.75 Å². The molecule has 2 aliphatic heterocycles. The third-order valence-corrected chi connectivity index (χ3v) is 7.06. The molecule has 34 heavy (non-hydrogen) atoms. The molecule has 0 radical (unpaired) electrons. The van der Waals surface area contributed by atoms with Crippen molar-refractivity contribution >= 4 is 11.7 Å². The highest BCUT2D eigenvalue weighted by atomic mass is 16.5. The summed E-state index contributed by atoms with van der Waals surface area (Å²) in [6, 6.07) is 13.8. The number of nitrogens with zero attached hydrogens (tertiary/aromatic N) is 2. The molecule has 2 aromatic carbocycles. The number of hydrogen-bond donors (Lipinski definition) is 0. The fourth-order valence-electron chi connectivity index (χ4n) is 5.12. The fraction of sp³-hybridized carbons (Fsp3) is 0.429. The van der Waals surface area contributed by atoms with Crippen LogP contribution in [0.2, 0.25) is 0 Å². The van der Waals surface area contributed by atoms with Crippen LogP contribution in [0.25, 0.3) is 0 Å². The van der Waals surface area contributed by atoms with Crippen molar-refractivity contribution in [2.75, 3.05) is 26.3 Å². The lowest BCUT2D eigenvalue weighted by Gasteiger charge is -2.26. The summed E-state index contributed by atoms with van der Waals surface area (Å²) in [7, 11) is 0. The lowest BCUT2D eigenvalue weighted by atomic mass is 10.1. The van der Waals surface area contributed by atoms with Gasteiger partial charge in [0.2, 0.25) is 0 Å². The Morgan fingerprint density at radius 1 is 1.03 bits per heavy atom. The Bertz CT molecular complexity index is 1070. The molecule has 1 amide bonds.